The lowest BCUT2D eigenvalue weighted by atomic mass is 10.1. The number of nitrogens with one attached hydrogen (secondary N) is 1. The van der Waals surface area contributed by atoms with Crippen molar-refractivity contribution in [2.75, 3.05) is 12.0 Å². The summed E-state index contributed by atoms with van der Waals surface area (Å²) in [6.45, 7) is 3.52. The van der Waals surface area contributed by atoms with Crippen LogP contribution in [0.4, 0.5) is 0 Å². The summed E-state index contributed by atoms with van der Waals surface area (Å²) < 4.78 is 1.61. The molecular formula is C12H19N3O3S. The number of aliphatic carboxylic acids is 1. The smallest absolute Gasteiger partial charge is 0.326 e. The van der Waals surface area contributed by atoms with Gasteiger partial charge in [0.15, 0.2) is 0 Å². The van der Waals surface area contributed by atoms with Gasteiger partial charge in [-0.3, -0.25) is 9.48 Å². The van der Waals surface area contributed by atoms with Crippen LogP contribution in [0.1, 0.15) is 28.2 Å². The SMILES string of the molecule is CSCC[C@H](NC(=O)c1c(C)nn(C)c1C)C(=O)O. The second-order valence-electron chi connectivity index (χ2n) is 4.32. The molecule has 1 rings (SSSR count). The largest absolute Gasteiger partial charge is 0.480 e. The molecular weight excluding hydrogens is 266 g/mol. The molecule has 0 aliphatic heterocycles. The monoisotopic (exact) mass is 285 g/mol. The third-order valence-corrected chi connectivity index (χ3v) is 3.59. The van der Waals surface area contributed by atoms with Crippen LogP contribution in [0.5, 0.6) is 0 Å². The minimum Gasteiger partial charge on any atom is -0.480 e. The van der Waals surface area contributed by atoms with Crippen molar-refractivity contribution in [2.45, 2.75) is 26.3 Å². The van der Waals surface area contributed by atoms with Gasteiger partial charge >= 0.3 is 5.97 Å². The first-order valence-corrected chi connectivity index (χ1v) is 7.30. The summed E-state index contributed by atoms with van der Waals surface area (Å²) in [5, 5.41) is 15.8. The highest BCUT2D eigenvalue weighted by atomic mass is 32.2. The Morgan fingerprint density at radius 2 is 2.11 bits per heavy atom. The van der Waals surface area contributed by atoms with Crippen molar-refractivity contribution in [1.29, 1.82) is 0 Å². The fraction of sp³-hybridized carbons (Fsp3) is 0.583. The van der Waals surface area contributed by atoms with Crippen LogP contribution in [0.3, 0.4) is 0 Å². The second kappa shape index (κ2) is 6.60. The van der Waals surface area contributed by atoms with Crippen LogP contribution in [-0.4, -0.2) is 44.8 Å². The Morgan fingerprint density at radius 3 is 2.53 bits per heavy atom. The number of amides is 1. The Balaban J connectivity index is 2.85. The first-order valence-electron chi connectivity index (χ1n) is 5.91. The van der Waals surface area contributed by atoms with Crippen molar-refractivity contribution in [3.63, 3.8) is 0 Å². The van der Waals surface area contributed by atoms with Gasteiger partial charge in [-0.1, -0.05) is 0 Å². The highest BCUT2D eigenvalue weighted by Gasteiger charge is 2.23. The third kappa shape index (κ3) is 3.73. The summed E-state index contributed by atoms with van der Waals surface area (Å²) in [5.41, 5.74) is 1.79. The second-order valence-corrected chi connectivity index (χ2v) is 5.30. The molecule has 0 bridgehead atoms. The Labute approximate surface area is 116 Å². The molecule has 0 fully saturated rings. The van der Waals surface area contributed by atoms with Gasteiger partial charge in [-0.05, 0) is 32.3 Å². The number of thioether (sulfide) groups is 1. The minimum atomic E-state index is -1.01. The molecule has 0 spiro atoms. The van der Waals surface area contributed by atoms with Gasteiger partial charge < -0.3 is 10.4 Å². The first-order chi connectivity index (χ1) is 8.88. The molecule has 1 amide bonds. The van der Waals surface area contributed by atoms with E-state index in [0.717, 1.165) is 5.69 Å². The predicted molar refractivity (Wildman–Crippen MR) is 74.6 cm³/mol. The van der Waals surface area contributed by atoms with E-state index in [-0.39, 0.29) is 5.91 Å². The molecule has 0 aliphatic carbocycles. The van der Waals surface area contributed by atoms with E-state index >= 15 is 0 Å². The zero-order valence-electron chi connectivity index (χ0n) is 11.6. The number of hydrogen-bond donors (Lipinski definition) is 2. The number of carboxylic acids is 1. The van der Waals surface area contributed by atoms with Gasteiger partial charge in [-0.2, -0.15) is 16.9 Å². The lowest BCUT2D eigenvalue weighted by molar-refractivity contribution is -0.139. The van der Waals surface area contributed by atoms with Crippen molar-refractivity contribution in [2.24, 2.45) is 7.05 Å². The number of aromatic nitrogens is 2. The maximum Gasteiger partial charge on any atom is 0.326 e. The van der Waals surface area contributed by atoms with Crippen molar-refractivity contribution in [1.82, 2.24) is 15.1 Å². The van der Waals surface area contributed by atoms with Crippen molar-refractivity contribution >= 4 is 23.6 Å². The fourth-order valence-electron chi connectivity index (χ4n) is 1.83. The molecule has 0 saturated heterocycles. The number of rotatable bonds is 6. The average Bonchev–Trinajstić information content (AvgIpc) is 2.58. The quantitative estimate of drug-likeness (QED) is 0.813. The molecule has 1 aromatic rings. The van der Waals surface area contributed by atoms with E-state index in [1.807, 2.05) is 6.26 Å². The molecule has 7 heteroatoms. The van der Waals surface area contributed by atoms with Gasteiger partial charge in [0.05, 0.1) is 11.3 Å². The lowest BCUT2D eigenvalue weighted by Crippen LogP contribution is -2.41. The maximum absolute atomic E-state index is 12.1. The van der Waals surface area contributed by atoms with Gasteiger partial charge in [-0.15, -0.1) is 0 Å². The van der Waals surface area contributed by atoms with Gasteiger partial charge in [0, 0.05) is 12.7 Å². The van der Waals surface area contributed by atoms with Crippen LogP contribution in [0.2, 0.25) is 0 Å². The van der Waals surface area contributed by atoms with Gasteiger partial charge in [0.25, 0.3) is 5.91 Å². The number of carbonyl (C=O) groups excluding carboxylic acids is 1. The van der Waals surface area contributed by atoms with E-state index in [1.165, 1.54) is 0 Å². The topological polar surface area (TPSA) is 84.2 Å². The van der Waals surface area contributed by atoms with Crippen molar-refractivity contribution in [3.8, 4) is 0 Å². The van der Waals surface area contributed by atoms with Crippen LogP contribution in [-0.2, 0) is 11.8 Å². The van der Waals surface area contributed by atoms with E-state index in [1.54, 1.807) is 37.3 Å². The van der Waals surface area contributed by atoms with Crippen LogP contribution in [0.25, 0.3) is 0 Å². The highest BCUT2D eigenvalue weighted by molar-refractivity contribution is 7.98. The number of aryl methyl sites for hydroxylation is 2. The molecule has 0 unspecified atom stereocenters. The predicted octanol–water partition coefficient (Wildman–Crippen LogP) is 0.973. The summed E-state index contributed by atoms with van der Waals surface area (Å²) in [7, 11) is 1.75. The van der Waals surface area contributed by atoms with Gasteiger partial charge in [-0.25, -0.2) is 4.79 Å². The van der Waals surface area contributed by atoms with Crippen LogP contribution >= 0.6 is 11.8 Å². The summed E-state index contributed by atoms with van der Waals surface area (Å²) in [6.07, 6.45) is 2.30. The Kier molecular flexibility index (Phi) is 5.41. The van der Waals surface area contributed by atoms with E-state index < -0.39 is 12.0 Å². The molecule has 106 valence electrons. The van der Waals surface area contributed by atoms with Crippen molar-refractivity contribution in [3.05, 3.63) is 17.0 Å². The molecule has 6 nitrogen and oxygen atoms in total. The van der Waals surface area contributed by atoms with Crippen LogP contribution < -0.4 is 5.32 Å². The first kappa shape index (κ1) is 15.6. The minimum absolute atomic E-state index is 0.378. The molecule has 19 heavy (non-hydrogen) atoms. The Bertz CT molecular complexity index is 485. The maximum atomic E-state index is 12.1. The Hall–Kier alpha value is -1.50. The zero-order chi connectivity index (χ0) is 14.6. The summed E-state index contributed by atoms with van der Waals surface area (Å²) >= 11 is 1.55. The molecule has 0 radical (unpaired) electrons. The molecule has 1 atom stereocenters. The summed E-state index contributed by atoms with van der Waals surface area (Å²) in [5.74, 6) is -0.708. The van der Waals surface area contributed by atoms with Crippen LogP contribution in [0.15, 0.2) is 0 Å². The lowest BCUT2D eigenvalue weighted by Gasteiger charge is -2.14. The van der Waals surface area contributed by atoms with Crippen LogP contribution in [0, 0.1) is 13.8 Å². The highest BCUT2D eigenvalue weighted by Crippen LogP contribution is 2.12. The standard InChI is InChI=1S/C12H19N3O3S/c1-7-10(8(2)15(3)14-7)11(16)13-9(12(17)18)5-6-19-4/h9H,5-6H2,1-4H3,(H,13,16)(H,17,18)/t9-/m0/s1. The molecule has 1 heterocycles. The zero-order valence-corrected chi connectivity index (χ0v) is 12.4. The van der Waals surface area contributed by atoms with Gasteiger partial charge in [0.1, 0.15) is 6.04 Å². The molecule has 0 aliphatic rings. The molecule has 2 N–H and O–H groups in total. The van der Waals surface area contributed by atoms with Crippen molar-refractivity contribution < 1.29 is 14.7 Å². The average molecular weight is 285 g/mol. The fourth-order valence-corrected chi connectivity index (χ4v) is 2.30. The number of carboxylic acid groups (broad SMARTS) is 1. The normalized spacial score (nSPS) is 12.2. The molecule has 1 aromatic heterocycles. The molecule has 0 aromatic carbocycles. The van der Waals surface area contributed by atoms with E-state index in [9.17, 15) is 9.59 Å². The van der Waals surface area contributed by atoms with E-state index in [2.05, 4.69) is 10.4 Å². The van der Waals surface area contributed by atoms with Gasteiger partial charge in [0.2, 0.25) is 0 Å². The van der Waals surface area contributed by atoms with E-state index in [4.69, 9.17) is 5.11 Å². The third-order valence-electron chi connectivity index (χ3n) is 2.95. The number of carbonyl (C=O) groups is 2. The summed E-state index contributed by atoms with van der Waals surface area (Å²) in [6, 6.07) is -0.862. The van der Waals surface area contributed by atoms with E-state index in [0.29, 0.717) is 23.4 Å². The summed E-state index contributed by atoms with van der Waals surface area (Å²) in [4.78, 5) is 23.2. The molecule has 0 saturated carbocycles. The number of nitrogens with zero attached hydrogens (tertiary/aromatic N) is 2. The Morgan fingerprint density at radius 1 is 1.47 bits per heavy atom. The number of hydrogen-bond acceptors (Lipinski definition) is 4.